The Labute approximate surface area is 253 Å². The second-order valence-corrected chi connectivity index (χ2v) is 13.3. The van der Waals surface area contributed by atoms with Crippen LogP contribution in [0.25, 0.3) is 0 Å². The van der Waals surface area contributed by atoms with Gasteiger partial charge in [0.05, 0.1) is 19.8 Å². The highest BCUT2D eigenvalue weighted by Crippen LogP contribution is 2.58. The maximum Gasteiger partial charge on any atom is 0.410 e. The Balaban J connectivity index is 1.10. The molecule has 0 radical (unpaired) electrons. The van der Waals surface area contributed by atoms with E-state index in [0.29, 0.717) is 23.3 Å². The number of carbonyl (C=O) groups is 4. The summed E-state index contributed by atoms with van der Waals surface area (Å²) in [5, 5.41) is 3.66. The van der Waals surface area contributed by atoms with Crippen molar-refractivity contribution in [2.45, 2.75) is 101 Å². The standard InChI is InChI=1S/C32H45N3O8/c1-31(2,3)43-30(39)34-14-10-20(11-15-34)19-33-21-16-23(17-21)42-22-6-7-25-24(18-22)28(37)35(32(25)12-13-32)26(29(38)41-5)8-9-27(36)40-4/h6-7,18,20-21,23,26,33H,8-17,19H2,1-5H3. The number of carbonyl (C=O) groups excluding carboxylic acids is 4. The number of likely N-dealkylation sites (tertiary alicyclic amines) is 1. The van der Waals surface area contributed by atoms with Crippen LogP contribution in [0.4, 0.5) is 4.79 Å². The second kappa shape index (κ2) is 12.3. The first-order chi connectivity index (χ1) is 20.4. The van der Waals surface area contributed by atoms with Gasteiger partial charge in [0.25, 0.3) is 5.91 Å². The lowest BCUT2D eigenvalue weighted by atomic mass is 9.88. The van der Waals surface area contributed by atoms with Crippen molar-refractivity contribution in [3.05, 3.63) is 29.3 Å². The van der Waals surface area contributed by atoms with Crippen LogP contribution in [0.2, 0.25) is 0 Å². The molecular weight excluding hydrogens is 554 g/mol. The summed E-state index contributed by atoms with van der Waals surface area (Å²) in [5.41, 5.74) is 0.443. The highest BCUT2D eigenvalue weighted by molar-refractivity contribution is 6.03. The lowest BCUT2D eigenvalue weighted by Crippen LogP contribution is -2.49. The zero-order valence-corrected chi connectivity index (χ0v) is 26.0. The molecular formula is C32H45N3O8. The largest absolute Gasteiger partial charge is 0.490 e. The molecule has 2 saturated carbocycles. The number of hydrogen-bond acceptors (Lipinski definition) is 9. The minimum atomic E-state index is -0.862. The number of esters is 2. The minimum Gasteiger partial charge on any atom is -0.490 e. The first-order valence-electron chi connectivity index (χ1n) is 15.4. The van der Waals surface area contributed by atoms with Crippen LogP contribution in [0.3, 0.4) is 0 Å². The summed E-state index contributed by atoms with van der Waals surface area (Å²) in [7, 11) is 2.60. The number of methoxy groups -OCH3 is 2. The van der Waals surface area contributed by atoms with Crippen molar-refractivity contribution in [1.29, 1.82) is 0 Å². The summed E-state index contributed by atoms with van der Waals surface area (Å²) >= 11 is 0. The molecule has 1 aromatic carbocycles. The fourth-order valence-corrected chi connectivity index (χ4v) is 6.55. The topological polar surface area (TPSA) is 124 Å². The summed E-state index contributed by atoms with van der Waals surface area (Å²) in [6.07, 6.45) is 5.20. The van der Waals surface area contributed by atoms with E-state index in [2.05, 4.69) is 5.32 Å². The predicted molar refractivity (Wildman–Crippen MR) is 157 cm³/mol. The monoisotopic (exact) mass is 599 g/mol. The van der Waals surface area contributed by atoms with Gasteiger partial charge < -0.3 is 34.1 Å². The van der Waals surface area contributed by atoms with Crippen LogP contribution in [0.5, 0.6) is 5.75 Å². The molecule has 5 rings (SSSR count). The molecule has 0 aromatic heterocycles. The van der Waals surface area contributed by atoms with E-state index < -0.39 is 29.1 Å². The number of rotatable bonds is 10. The molecule has 1 N–H and O–H groups in total. The zero-order chi connectivity index (χ0) is 30.9. The van der Waals surface area contributed by atoms with E-state index in [1.807, 2.05) is 32.9 Å². The van der Waals surface area contributed by atoms with E-state index in [4.69, 9.17) is 18.9 Å². The van der Waals surface area contributed by atoms with Gasteiger partial charge in [0, 0.05) is 31.1 Å². The van der Waals surface area contributed by atoms with Gasteiger partial charge in [-0.2, -0.15) is 0 Å². The molecule has 2 heterocycles. The number of ether oxygens (including phenoxy) is 4. The molecule has 2 aliphatic heterocycles. The number of hydrogen-bond donors (Lipinski definition) is 1. The Hall–Kier alpha value is -3.34. The van der Waals surface area contributed by atoms with E-state index >= 15 is 0 Å². The average Bonchev–Trinajstić information content (AvgIpc) is 3.71. The van der Waals surface area contributed by atoms with Gasteiger partial charge in [-0.25, -0.2) is 9.59 Å². The lowest BCUT2D eigenvalue weighted by molar-refractivity contribution is -0.148. The Kier molecular flexibility index (Phi) is 8.92. The molecule has 4 aliphatic rings. The zero-order valence-electron chi connectivity index (χ0n) is 26.0. The van der Waals surface area contributed by atoms with Gasteiger partial charge in [-0.1, -0.05) is 6.07 Å². The van der Waals surface area contributed by atoms with Gasteiger partial charge in [0.2, 0.25) is 0 Å². The van der Waals surface area contributed by atoms with E-state index in [1.165, 1.54) is 14.2 Å². The smallest absolute Gasteiger partial charge is 0.410 e. The second-order valence-electron chi connectivity index (χ2n) is 13.3. The Morgan fingerprint density at radius 3 is 2.37 bits per heavy atom. The van der Waals surface area contributed by atoms with Gasteiger partial charge in [-0.05, 0) is 95.9 Å². The lowest BCUT2D eigenvalue weighted by Gasteiger charge is -2.38. The molecule has 2 amide bonds. The van der Waals surface area contributed by atoms with Crippen LogP contribution < -0.4 is 10.1 Å². The van der Waals surface area contributed by atoms with Gasteiger partial charge in [0.1, 0.15) is 23.5 Å². The molecule has 236 valence electrons. The maximum absolute atomic E-state index is 13.7. The number of benzene rings is 1. The van der Waals surface area contributed by atoms with Crippen LogP contribution >= 0.6 is 0 Å². The Morgan fingerprint density at radius 1 is 1.07 bits per heavy atom. The minimum absolute atomic E-state index is 0.0169. The van der Waals surface area contributed by atoms with E-state index in [1.54, 1.807) is 15.9 Å². The molecule has 11 heteroatoms. The molecule has 1 unspecified atom stereocenters. The molecule has 0 bridgehead atoms. The van der Waals surface area contributed by atoms with E-state index in [0.717, 1.165) is 63.7 Å². The summed E-state index contributed by atoms with van der Waals surface area (Å²) in [5.74, 6) is -0.0265. The fraction of sp³-hybridized carbons (Fsp3) is 0.688. The van der Waals surface area contributed by atoms with Crippen molar-refractivity contribution in [3.8, 4) is 5.75 Å². The molecule has 1 spiro atoms. The van der Waals surface area contributed by atoms with Crippen molar-refractivity contribution in [1.82, 2.24) is 15.1 Å². The van der Waals surface area contributed by atoms with Gasteiger partial charge in [-0.3, -0.25) is 9.59 Å². The van der Waals surface area contributed by atoms with Gasteiger partial charge >= 0.3 is 18.0 Å². The summed E-state index contributed by atoms with van der Waals surface area (Å²) in [6, 6.07) is 5.18. The summed E-state index contributed by atoms with van der Waals surface area (Å²) in [6.45, 7) is 8.02. The Bertz CT molecular complexity index is 1230. The summed E-state index contributed by atoms with van der Waals surface area (Å²) in [4.78, 5) is 53.9. The van der Waals surface area contributed by atoms with Crippen LogP contribution in [0.1, 0.15) is 88.1 Å². The third-order valence-corrected chi connectivity index (χ3v) is 9.12. The van der Waals surface area contributed by atoms with Crippen molar-refractivity contribution in [2.75, 3.05) is 33.9 Å². The number of amides is 2. The third-order valence-electron chi connectivity index (χ3n) is 9.12. The molecule has 2 aliphatic carbocycles. The summed E-state index contributed by atoms with van der Waals surface area (Å²) < 4.78 is 21.5. The third kappa shape index (κ3) is 6.76. The quantitative estimate of drug-likeness (QED) is 0.316. The Morgan fingerprint density at radius 2 is 1.77 bits per heavy atom. The van der Waals surface area contributed by atoms with E-state index in [9.17, 15) is 19.2 Å². The number of piperidine rings is 1. The van der Waals surface area contributed by atoms with Crippen molar-refractivity contribution < 1.29 is 38.1 Å². The molecule has 1 aromatic rings. The fourth-order valence-electron chi connectivity index (χ4n) is 6.55. The first-order valence-corrected chi connectivity index (χ1v) is 15.4. The van der Waals surface area contributed by atoms with Gasteiger partial charge in [-0.15, -0.1) is 0 Å². The van der Waals surface area contributed by atoms with Crippen LogP contribution in [-0.4, -0.2) is 91.4 Å². The number of nitrogens with one attached hydrogen (secondary N) is 1. The van der Waals surface area contributed by atoms with Crippen LogP contribution in [0.15, 0.2) is 18.2 Å². The molecule has 11 nitrogen and oxygen atoms in total. The average molecular weight is 600 g/mol. The van der Waals surface area contributed by atoms with Gasteiger partial charge in [0.15, 0.2) is 0 Å². The SMILES string of the molecule is COC(=O)CCC(C(=O)OC)N1C(=O)c2cc(OC3CC(NCC4CCN(C(=O)OC(C)(C)C)CC4)C3)ccc2C12CC2. The molecule has 1 saturated heterocycles. The van der Waals surface area contributed by atoms with Crippen molar-refractivity contribution in [3.63, 3.8) is 0 Å². The van der Waals surface area contributed by atoms with Crippen LogP contribution in [0, 0.1) is 5.92 Å². The maximum atomic E-state index is 13.7. The molecule has 3 fully saturated rings. The normalized spacial score (nSPS) is 23.3. The predicted octanol–water partition coefficient (Wildman–Crippen LogP) is 3.77. The van der Waals surface area contributed by atoms with E-state index in [-0.39, 0.29) is 30.9 Å². The van der Waals surface area contributed by atoms with Crippen molar-refractivity contribution >= 4 is 23.9 Å². The highest BCUT2D eigenvalue weighted by Gasteiger charge is 2.61. The highest BCUT2D eigenvalue weighted by atomic mass is 16.6. The molecule has 1 atom stereocenters. The van der Waals surface area contributed by atoms with Crippen molar-refractivity contribution in [2.24, 2.45) is 5.92 Å². The van der Waals surface area contributed by atoms with Crippen LogP contribution in [-0.2, 0) is 29.3 Å². The first kappa shape index (κ1) is 31.1. The number of fused-ring (bicyclic) bond motifs is 2. The molecule has 43 heavy (non-hydrogen) atoms. The number of nitrogens with zero attached hydrogens (tertiary/aromatic N) is 2.